The second kappa shape index (κ2) is 5.02. The lowest BCUT2D eigenvalue weighted by atomic mass is 9.68. The molecular formula is C14H13ClN2OS. The van der Waals surface area contributed by atoms with Gasteiger partial charge in [0.1, 0.15) is 5.78 Å². The van der Waals surface area contributed by atoms with Gasteiger partial charge in [0.15, 0.2) is 5.82 Å². The maximum Gasteiger partial charge on any atom is 0.203 e. The fourth-order valence-corrected chi connectivity index (χ4v) is 3.44. The molecule has 19 heavy (non-hydrogen) atoms. The molecule has 0 saturated heterocycles. The van der Waals surface area contributed by atoms with E-state index in [4.69, 9.17) is 11.6 Å². The Morgan fingerprint density at radius 3 is 2.42 bits per heavy atom. The highest BCUT2D eigenvalue weighted by Gasteiger charge is 2.41. The Morgan fingerprint density at radius 2 is 1.84 bits per heavy atom. The van der Waals surface area contributed by atoms with Crippen molar-refractivity contribution in [1.82, 2.24) is 9.36 Å². The van der Waals surface area contributed by atoms with E-state index >= 15 is 0 Å². The van der Waals surface area contributed by atoms with Gasteiger partial charge in [-0.3, -0.25) is 4.79 Å². The minimum absolute atomic E-state index is 0.251. The fourth-order valence-electron chi connectivity index (χ4n) is 2.75. The number of ketones is 1. The van der Waals surface area contributed by atoms with Crippen LogP contribution in [0.2, 0.25) is 4.47 Å². The topological polar surface area (TPSA) is 42.9 Å². The van der Waals surface area contributed by atoms with E-state index in [9.17, 15) is 4.79 Å². The van der Waals surface area contributed by atoms with Crippen molar-refractivity contribution in [1.29, 1.82) is 0 Å². The first-order chi connectivity index (χ1) is 9.21. The predicted molar refractivity (Wildman–Crippen MR) is 75.6 cm³/mol. The average molecular weight is 293 g/mol. The molecule has 1 saturated carbocycles. The maximum absolute atomic E-state index is 11.6. The summed E-state index contributed by atoms with van der Waals surface area (Å²) in [5, 5.41) is 0. The predicted octanol–water partition coefficient (Wildman–Crippen LogP) is 3.62. The van der Waals surface area contributed by atoms with Gasteiger partial charge in [-0.15, -0.1) is 0 Å². The largest absolute Gasteiger partial charge is 0.300 e. The van der Waals surface area contributed by atoms with E-state index in [-0.39, 0.29) is 5.41 Å². The number of hydrogen-bond donors (Lipinski definition) is 0. The fraction of sp³-hybridized carbons (Fsp3) is 0.357. The van der Waals surface area contributed by atoms with E-state index in [1.165, 1.54) is 17.1 Å². The van der Waals surface area contributed by atoms with Gasteiger partial charge in [-0.1, -0.05) is 30.3 Å². The van der Waals surface area contributed by atoms with Gasteiger partial charge in [-0.2, -0.15) is 4.37 Å². The second-order valence-corrected chi connectivity index (χ2v) is 6.19. The molecule has 1 aromatic heterocycles. The van der Waals surface area contributed by atoms with Crippen LogP contribution in [0.5, 0.6) is 0 Å². The molecule has 0 radical (unpaired) electrons. The third kappa shape index (κ3) is 2.30. The molecular weight excluding hydrogens is 280 g/mol. The number of benzene rings is 1. The summed E-state index contributed by atoms with van der Waals surface area (Å²) in [5.41, 5.74) is 0.927. The molecule has 0 aliphatic heterocycles. The average Bonchev–Trinajstić information content (AvgIpc) is 2.88. The smallest absolute Gasteiger partial charge is 0.203 e. The molecule has 5 heteroatoms. The summed E-state index contributed by atoms with van der Waals surface area (Å²) < 4.78 is 4.86. The van der Waals surface area contributed by atoms with Crippen LogP contribution in [-0.2, 0) is 10.2 Å². The molecule has 0 N–H and O–H groups in total. The molecule has 1 aromatic carbocycles. The van der Waals surface area contributed by atoms with Crippen LogP contribution in [0.3, 0.4) is 0 Å². The van der Waals surface area contributed by atoms with Gasteiger partial charge in [0.25, 0.3) is 0 Å². The van der Waals surface area contributed by atoms with Crippen molar-refractivity contribution in [2.45, 2.75) is 31.1 Å². The number of carbonyl (C=O) groups is 1. The quantitative estimate of drug-likeness (QED) is 0.849. The Morgan fingerprint density at radius 1 is 1.16 bits per heavy atom. The van der Waals surface area contributed by atoms with Crippen LogP contribution in [0.15, 0.2) is 30.3 Å². The Balaban J connectivity index is 2.08. The monoisotopic (exact) mass is 292 g/mol. The molecule has 3 rings (SSSR count). The lowest BCUT2D eigenvalue weighted by Crippen LogP contribution is -2.34. The molecule has 0 atom stereocenters. The summed E-state index contributed by atoms with van der Waals surface area (Å²) in [6.07, 6.45) is 2.71. The van der Waals surface area contributed by atoms with Crippen LogP contribution < -0.4 is 0 Å². The lowest BCUT2D eigenvalue weighted by molar-refractivity contribution is -0.121. The lowest BCUT2D eigenvalue weighted by Gasteiger charge is -2.34. The summed E-state index contributed by atoms with van der Waals surface area (Å²) in [6, 6.07) is 10.2. The zero-order chi connectivity index (χ0) is 13.3. The minimum atomic E-state index is -0.251. The van der Waals surface area contributed by atoms with Crippen LogP contribution in [-0.4, -0.2) is 15.1 Å². The maximum atomic E-state index is 11.6. The van der Waals surface area contributed by atoms with Crippen molar-refractivity contribution in [2.24, 2.45) is 0 Å². The molecule has 0 unspecified atom stereocenters. The van der Waals surface area contributed by atoms with Gasteiger partial charge >= 0.3 is 0 Å². The van der Waals surface area contributed by atoms with Crippen LogP contribution in [0.4, 0.5) is 0 Å². The number of halogens is 1. The first-order valence-electron chi connectivity index (χ1n) is 6.28. The summed E-state index contributed by atoms with van der Waals surface area (Å²) in [6.45, 7) is 0. The standard InChI is InChI=1S/C14H13ClN2OS/c15-13-16-12(17-19-13)14(8-6-11(18)7-9-14)10-4-2-1-3-5-10/h1-5H,6-9H2. The first-order valence-corrected chi connectivity index (χ1v) is 7.43. The molecule has 0 amide bonds. The van der Waals surface area contributed by atoms with E-state index < -0.39 is 0 Å². The van der Waals surface area contributed by atoms with E-state index in [2.05, 4.69) is 21.5 Å². The Kier molecular flexibility index (Phi) is 3.37. The molecule has 0 bridgehead atoms. The summed E-state index contributed by atoms with van der Waals surface area (Å²) in [7, 11) is 0. The zero-order valence-electron chi connectivity index (χ0n) is 10.3. The molecule has 1 heterocycles. The van der Waals surface area contributed by atoms with E-state index in [0.29, 0.717) is 23.1 Å². The van der Waals surface area contributed by atoms with Crippen molar-refractivity contribution in [3.05, 3.63) is 46.2 Å². The van der Waals surface area contributed by atoms with Crippen molar-refractivity contribution in [2.75, 3.05) is 0 Å². The van der Waals surface area contributed by atoms with Gasteiger partial charge < -0.3 is 0 Å². The third-order valence-electron chi connectivity index (χ3n) is 3.82. The van der Waals surface area contributed by atoms with Crippen molar-refractivity contribution >= 4 is 28.9 Å². The number of aromatic nitrogens is 2. The van der Waals surface area contributed by atoms with Gasteiger partial charge in [-0.25, -0.2) is 4.98 Å². The molecule has 0 spiro atoms. The highest BCUT2D eigenvalue weighted by Crippen LogP contribution is 2.43. The van der Waals surface area contributed by atoms with Crippen LogP contribution >= 0.6 is 23.1 Å². The Labute approximate surface area is 120 Å². The van der Waals surface area contributed by atoms with Gasteiger partial charge in [-0.05, 0) is 41.5 Å². The summed E-state index contributed by atoms with van der Waals surface area (Å²) in [5.74, 6) is 1.09. The van der Waals surface area contributed by atoms with Crippen LogP contribution in [0, 0.1) is 0 Å². The number of hydrogen-bond acceptors (Lipinski definition) is 4. The van der Waals surface area contributed by atoms with Crippen molar-refractivity contribution < 1.29 is 4.79 Å². The number of rotatable bonds is 2. The van der Waals surface area contributed by atoms with Crippen molar-refractivity contribution in [3.8, 4) is 0 Å². The molecule has 98 valence electrons. The highest BCUT2D eigenvalue weighted by atomic mass is 35.5. The van der Waals surface area contributed by atoms with Crippen LogP contribution in [0.1, 0.15) is 37.1 Å². The molecule has 1 aliphatic rings. The third-order valence-corrected chi connectivity index (χ3v) is 4.61. The Bertz CT molecular complexity index is 587. The zero-order valence-corrected chi connectivity index (χ0v) is 11.9. The van der Waals surface area contributed by atoms with Crippen LogP contribution in [0.25, 0.3) is 0 Å². The number of Topliss-reactive ketones (excluding diaryl/α,β-unsaturated/α-hetero) is 1. The highest BCUT2D eigenvalue weighted by molar-refractivity contribution is 7.10. The van der Waals surface area contributed by atoms with E-state index in [1.54, 1.807) is 0 Å². The Hall–Kier alpha value is -1.26. The summed E-state index contributed by atoms with van der Waals surface area (Å²) in [4.78, 5) is 15.9. The number of carbonyl (C=O) groups excluding carboxylic acids is 1. The molecule has 3 nitrogen and oxygen atoms in total. The minimum Gasteiger partial charge on any atom is -0.300 e. The van der Waals surface area contributed by atoms with Gasteiger partial charge in [0.05, 0.1) is 5.41 Å². The van der Waals surface area contributed by atoms with E-state index in [1.807, 2.05) is 18.2 Å². The molecule has 2 aromatic rings. The van der Waals surface area contributed by atoms with E-state index in [0.717, 1.165) is 18.7 Å². The van der Waals surface area contributed by atoms with Gasteiger partial charge in [0, 0.05) is 12.8 Å². The van der Waals surface area contributed by atoms with Gasteiger partial charge in [0.2, 0.25) is 4.47 Å². The second-order valence-electron chi connectivity index (χ2n) is 4.86. The summed E-state index contributed by atoms with van der Waals surface area (Å²) >= 11 is 7.15. The van der Waals surface area contributed by atoms with Crippen molar-refractivity contribution in [3.63, 3.8) is 0 Å². The SMILES string of the molecule is O=C1CCC(c2ccccc2)(c2nsc(Cl)n2)CC1. The molecule has 1 fully saturated rings. The first kappa shape index (κ1) is 12.8. The normalized spacial score (nSPS) is 18.5. The number of nitrogens with zero attached hydrogens (tertiary/aromatic N) is 2. The molecule has 1 aliphatic carbocycles.